The predicted molar refractivity (Wildman–Crippen MR) is 89.6 cm³/mol. The third-order valence-electron chi connectivity index (χ3n) is 5.87. The number of hydrogen-bond donors (Lipinski definition) is 2. The lowest BCUT2D eigenvalue weighted by atomic mass is 9.74. The van der Waals surface area contributed by atoms with Crippen molar-refractivity contribution in [2.75, 3.05) is 6.54 Å². The summed E-state index contributed by atoms with van der Waals surface area (Å²) in [5.41, 5.74) is 1.19. The normalized spacial score (nSPS) is 32.3. The summed E-state index contributed by atoms with van der Waals surface area (Å²) in [6, 6.07) is 7.66. The van der Waals surface area contributed by atoms with Crippen molar-refractivity contribution in [1.82, 2.24) is 10.6 Å². The number of cyclic esters (lactones) is 1. The molecule has 0 spiro atoms. The molecule has 3 fully saturated rings. The van der Waals surface area contributed by atoms with Crippen LogP contribution in [0.1, 0.15) is 43.7 Å². The van der Waals surface area contributed by atoms with Gasteiger partial charge in [-0.15, -0.1) is 0 Å². The first-order valence-electron chi connectivity index (χ1n) is 8.56. The topological polar surface area (TPSA) is 67.4 Å². The number of fused-ring (bicyclic) bond motifs is 2. The average molecular weight is 349 g/mol. The van der Waals surface area contributed by atoms with Crippen molar-refractivity contribution in [2.24, 2.45) is 11.3 Å². The molecule has 5 nitrogen and oxygen atoms in total. The van der Waals surface area contributed by atoms with E-state index in [-0.39, 0.29) is 23.9 Å². The summed E-state index contributed by atoms with van der Waals surface area (Å²) in [7, 11) is 0. The van der Waals surface area contributed by atoms with E-state index in [9.17, 15) is 9.59 Å². The van der Waals surface area contributed by atoms with Gasteiger partial charge in [0.05, 0.1) is 12.6 Å². The Kier molecular flexibility index (Phi) is 3.91. The summed E-state index contributed by atoms with van der Waals surface area (Å²) in [6.45, 7) is 0.230. The zero-order valence-electron chi connectivity index (χ0n) is 13.4. The monoisotopic (exact) mass is 348 g/mol. The molecule has 6 heteroatoms. The molecule has 2 bridgehead atoms. The maximum atomic E-state index is 12.6. The fourth-order valence-electron chi connectivity index (χ4n) is 4.66. The third kappa shape index (κ3) is 2.75. The lowest BCUT2D eigenvalue weighted by molar-refractivity contribution is -0.129. The maximum Gasteiger partial charge on any atom is 0.408 e. The summed E-state index contributed by atoms with van der Waals surface area (Å²) in [6.07, 6.45) is 4.62. The Bertz CT molecular complexity index is 653. The van der Waals surface area contributed by atoms with E-state index in [4.69, 9.17) is 16.3 Å². The molecule has 0 aromatic heterocycles. The van der Waals surface area contributed by atoms with Gasteiger partial charge < -0.3 is 15.4 Å². The van der Waals surface area contributed by atoms with Gasteiger partial charge in [-0.25, -0.2) is 4.79 Å². The van der Waals surface area contributed by atoms with Gasteiger partial charge in [0, 0.05) is 5.02 Å². The van der Waals surface area contributed by atoms with Crippen LogP contribution in [0.3, 0.4) is 0 Å². The molecule has 24 heavy (non-hydrogen) atoms. The van der Waals surface area contributed by atoms with Crippen LogP contribution >= 0.6 is 11.6 Å². The van der Waals surface area contributed by atoms with Crippen LogP contribution in [0.5, 0.6) is 0 Å². The van der Waals surface area contributed by atoms with Gasteiger partial charge in [0.15, 0.2) is 6.10 Å². The van der Waals surface area contributed by atoms with Gasteiger partial charge in [-0.2, -0.15) is 0 Å². The summed E-state index contributed by atoms with van der Waals surface area (Å²) < 4.78 is 5.04. The van der Waals surface area contributed by atoms with Crippen LogP contribution in [-0.4, -0.2) is 24.6 Å². The summed E-state index contributed by atoms with van der Waals surface area (Å²) >= 11 is 6.03. The minimum Gasteiger partial charge on any atom is -0.434 e. The summed E-state index contributed by atoms with van der Waals surface area (Å²) in [4.78, 5) is 23.8. The number of hydrogen-bond acceptors (Lipinski definition) is 3. The molecule has 2 N–H and O–H groups in total. The van der Waals surface area contributed by atoms with E-state index < -0.39 is 12.2 Å². The molecule has 1 heterocycles. The fraction of sp³-hybridized carbons (Fsp3) is 0.556. The number of nitrogens with one attached hydrogen (secondary N) is 2. The molecule has 1 aliphatic heterocycles. The molecule has 1 saturated heterocycles. The van der Waals surface area contributed by atoms with E-state index in [1.54, 1.807) is 0 Å². The number of amides is 2. The lowest BCUT2D eigenvalue weighted by Crippen LogP contribution is -2.44. The quantitative estimate of drug-likeness (QED) is 0.878. The zero-order chi connectivity index (χ0) is 16.7. The highest BCUT2D eigenvalue weighted by Gasteiger charge is 2.51. The Balaban J connectivity index is 1.59. The number of alkyl carbamates (subject to hydrolysis) is 1. The maximum absolute atomic E-state index is 12.6. The number of rotatable bonds is 4. The molecular formula is C18H21ClN2O3. The summed E-state index contributed by atoms with van der Waals surface area (Å²) in [5.74, 6) is 0.556. The van der Waals surface area contributed by atoms with E-state index in [0.717, 1.165) is 30.7 Å². The van der Waals surface area contributed by atoms with Crippen molar-refractivity contribution in [1.29, 1.82) is 0 Å². The van der Waals surface area contributed by atoms with Gasteiger partial charge >= 0.3 is 6.09 Å². The average Bonchev–Trinajstić information content (AvgIpc) is 3.29. The second-order valence-electron chi connectivity index (χ2n) is 7.28. The summed E-state index contributed by atoms with van der Waals surface area (Å²) in [5, 5.41) is 6.40. The number of benzene rings is 1. The van der Waals surface area contributed by atoms with Gasteiger partial charge in [0.1, 0.15) is 0 Å². The van der Waals surface area contributed by atoms with Gasteiger partial charge in [0.25, 0.3) is 5.91 Å². The number of ether oxygens (including phenoxy) is 1. The van der Waals surface area contributed by atoms with E-state index in [1.165, 1.54) is 12.8 Å². The van der Waals surface area contributed by atoms with Crippen LogP contribution in [0.2, 0.25) is 5.02 Å². The van der Waals surface area contributed by atoms with E-state index >= 15 is 0 Å². The fourth-order valence-corrected chi connectivity index (χ4v) is 4.78. The zero-order valence-corrected chi connectivity index (χ0v) is 14.1. The smallest absolute Gasteiger partial charge is 0.408 e. The third-order valence-corrected chi connectivity index (χ3v) is 6.12. The standard InChI is InChI=1S/C18H21ClN2O3/c19-13-3-1-12(2-4-13)15(18-7-5-11(9-18)6-8-18)21-16(22)14-10-20-17(23)24-14/h1-4,11,14-15H,5-10H2,(H,20,23)(H,21,22). The van der Waals surface area contributed by atoms with E-state index in [2.05, 4.69) is 10.6 Å². The lowest BCUT2D eigenvalue weighted by Gasteiger charge is -2.37. The Morgan fingerprint density at radius 1 is 1.29 bits per heavy atom. The van der Waals surface area contributed by atoms with E-state index in [1.807, 2.05) is 24.3 Å². The molecule has 2 aliphatic carbocycles. The van der Waals surface area contributed by atoms with Crippen molar-refractivity contribution in [3.05, 3.63) is 34.9 Å². The largest absolute Gasteiger partial charge is 0.434 e. The number of carbonyl (C=O) groups is 2. The molecule has 3 aliphatic rings. The van der Waals surface area contributed by atoms with Crippen LogP contribution in [0, 0.1) is 11.3 Å². The highest BCUT2D eigenvalue weighted by molar-refractivity contribution is 6.30. The molecule has 2 amide bonds. The molecule has 1 aromatic rings. The Labute approximate surface area is 146 Å². The van der Waals surface area contributed by atoms with Crippen LogP contribution in [0.25, 0.3) is 0 Å². The molecule has 0 radical (unpaired) electrons. The number of halogens is 1. The van der Waals surface area contributed by atoms with Crippen molar-refractivity contribution in [3.63, 3.8) is 0 Å². The van der Waals surface area contributed by atoms with Crippen LogP contribution in [0.15, 0.2) is 24.3 Å². The van der Waals surface area contributed by atoms with E-state index in [0.29, 0.717) is 5.02 Å². The van der Waals surface area contributed by atoms with Crippen LogP contribution in [0.4, 0.5) is 4.79 Å². The molecule has 2 unspecified atom stereocenters. The molecule has 2 atom stereocenters. The van der Waals surface area contributed by atoms with Gasteiger partial charge in [0.2, 0.25) is 0 Å². The first-order chi connectivity index (χ1) is 11.6. The van der Waals surface area contributed by atoms with Gasteiger partial charge in [-0.1, -0.05) is 23.7 Å². The second kappa shape index (κ2) is 5.96. The Morgan fingerprint density at radius 2 is 2.00 bits per heavy atom. The van der Waals surface area contributed by atoms with Crippen molar-refractivity contribution < 1.29 is 14.3 Å². The van der Waals surface area contributed by atoms with Crippen LogP contribution in [-0.2, 0) is 9.53 Å². The van der Waals surface area contributed by atoms with Crippen LogP contribution < -0.4 is 10.6 Å². The predicted octanol–water partition coefficient (Wildman–Crippen LogP) is 3.19. The minimum atomic E-state index is -0.748. The van der Waals surface area contributed by atoms with Gasteiger partial charge in [-0.3, -0.25) is 4.79 Å². The van der Waals surface area contributed by atoms with Crippen molar-refractivity contribution in [3.8, 4) is 0 Å². The first kappa shape index (κ1) is 15.8. The first-order valence-corrected chi connectivity index (χ1v) is 8.94. The van der Waals surface area contributed by atoms with Gasteiger partial charge in [-0.05, 0) is 61.1 Å². The number of carbonyl (C=O) groups excluding carboxylic acids is 2. The molecule has 128 valence electrons. The molecule has 1 aromatic carbocycles. The highest BCUT2D eigenvalue weighted by Crippen LogP contribution is 2.60. The van der Waals surface area contributed by atoms with Crippen molar-refractivity contribution >= 4 is 23.6 Å². The Morgan fingerprint density at radius 3 is 2.54 bits per heavy atom. The van der Waals surface area contributed by atoms with Crippen molar-refractivity contribution in [2.45, 2.75) is 44.2 Å². The molecular weight excluding hydrogens is 328 g/mol. The molecule has 2 saturated carbocycles. The SMILES string of the molecule is O=C1NCC(C(=O)NC(c2ccc(Cl)cc2)C23CCC(CC2)C3)O1. The Hall–Kier alpha value is -1.75. The second-order valence-corrected chi connectivity index (χ2v) is 7.71. The molecule has 4 rings (SSSR count). The minimum absolute atomic E-state index is 0.0610. The highest BCUT2D eigenvalue weighted by atomic mass is 35.5.